The number of aromatic nitrogens is 3. The monoisotopic (exact) mass is 432 g/mol. The van der Waals surface area contributed by atoms with Gasteiger partial charge in [-0.05, 0) is 62.8 Å². The molecule has 3 aromatic rings. The SMILES string of the molecule is COc1ccccc1-c1nnc(C23CCC(NOC(=O)c4ccccc4)(CC2)CC3)n1C. The summed E-state index contributed by atoms with van der Waals surface area (Å²) in [5, 5.41) is 9.19. The fourth-order valence-corrected chi connectivity index (χ4v) is 5.32. The van der Waals surface area contributed by atoms with E-state index in [0.717, 1.165) is 61.5 Å². The number of methoxy groups -OCH3 is 1. The summed E-state index contributed by atoms with van der Waals surface area (Å²) in [5.74, 6) is 2.32. The zero-order valence-corrected chi connectivity index (χ0v) is 18.5. The molecule has 1 N–H and O–H groups in total. The summed E-state index contributed by atoms with van der Waals surface area (Å²) in [6, 6.07) is 17.0. The number of benzene rings is 2. The van der Waals surface area contributed by atoms with Gasteiger partial charge in [0.15, 0.2) is 5.82 Å². The number of nitrogens with one attached hydrogen (secondary N) is 1. The topological polar surface area (TPSA) is 78.3 Å². The average Bonchev–Trinajstić information content (AvgIpc) is 3.26. The number of nitrogens with zero attached hydrogens (tertiary/aromatic N) is 3. The largest absolute Gasteiger partial charge is 0.496 e. The lowest BCUT2D eigenvalue weighted by Crippen LogP contribution is -2.57. The van der Waals surface area contributed by atoms with E-state index in [9.17, 15) is 4.79 Å². The van der Waals surface area contributed by atoms with Crippen LogP contribution in [-0.2, 0) is 17.3 Å². The second-order valence-corrected chi connectivity index (χ2v) is 9.02. The van der Waals surface area contributed by atoms with Crippen LogP contribution in [0, 0.1) is 0 Å². The highest BCUT2D eigenvalue weighted by Crippen LogP contribution is 2.53. The van der Waals surface area contributed by atoms with E-state index in [2.05, 4.69) is 20.2 Å². The van der Waals surface area contributed by atoms with Gasteiger partial charge in [0, 0.05) is 12.5 Å². The Morgan fingerprint density at radius 1 is 0.938 bits per heavy atom. The molecule has 3 aliphatic carbocycles. The third-order valence-electron chi connectivity index (χ3n) is 7.31. The summed E-state index contributed by atoms with van der Waals surface area (Å²) in [7, 11) is 3.72. The number of carbonyl (C=O) groups excluding carboxylic acids is 1. The van der Waals surface area contributed by atoms with Crippen LogP contribution in [-0.4, -0.2) is 33.4 Å². The van der Waals surface area contributed by atoms with Crippen molar-refractivity contribution in [2.75, 3.05) is 7.11 Å². The van der Waals surface area contributed by atoms with Crippen molar-refractivity contribution in [3.63, 3.8) is 0 Å². The van der Waals surface area contributed by atoms with Crippen molar-refractivity contribution in [2.24, 2.45) is 7.05 Å². The maximum atomic E-state index is 12.4. The minimum atomic E-state index is -0.336. The number of hydrogen-bond acceptors (Lipinski definition) is 6. The lowest BCUT2D eigenvalue weighted by molar-refractivity contribution is -0.0471. The molecule has 3 fully saturated rings. The molecular formula is C25H28N4O3. The van der Waals surface area contributed by atoms with E-state index in [1.807, 2.05) is 49.5 Å². The Bertz CT molecular complexity index is 1100. The van der Waals surface area contributed by atoms with Crippen LogP contribution in [0.4, 0.5) is 0 Å². The van der Waals surface area contributed by atoms with Crippen molar-refractivity contribution in [3.05, 3.63) is 66.0 Å². The Labute approximate surface area is 187 Å². The summed E-state index contributed by atoms with van der Waals surface area (Å²) in [6.07, 6.45) is 5.77. The minimum absolute atomic E-state index is 0.00881. The van der Waals surface area contributed by atoms with Gasteiger partial charge in [0.1, 0.15) is 11.6 Å². The van der Waals surface area contributed by atoms with Gasteiger partial charge in [0.05, 0.1) is 23.8 Å². The third kappa shape index (κ3) is 3.46. The molecule has 32 heavy (non-hydrogen) atoms. The number of ether oxygens (including phenoxy) is 1. The lowest BCUT2D eigenvalue weighted by atomic mass is 9.57. The zero-order chi connectivity index (χ0) is 22.2. The summed E-state index contributed by atoms with van der Waals surface area (Å²) >= 11 is 0. The van der Waals surface area contributed by atoms with Crippen LogP contribution < -0.4 is 10.2 Å². The van der Waals surface area contributed by atoms with Crippen molar-refractivity contribution in [1.82, 2.24) is 20.2 Å². The number of hydrogen-bond donors (Lipinski definition) is 1. The molecular weight excluding hydrogens is 404 g/mol. The van der Waals surface area contributed by atoms with Gasteiger partial charge >= 0.3 is 5.97 Å². The third-order valence-corrected chi connectivity index (χ3v) is 7.31. The first-order valence-electron chi connectivity index (χ1n) is 11.1. The molecule has 7 nitrogen and oxygen atoms in total. The molecule has 3 saturated carbocycles. The number of carbonyl (C=O) groups is 1. The molecule has 0 aliphatic heterocycles. The summed E-state index contributed by atoms with van der Waals surface area (Å²) in [4.78, 5) is 17.9. The molecule has 1 aromatic heterocycles. The Hall–Kier alpha value is -3.19. The molecule has 0 spiro atoms. The second kappa shape index (κ2) is 8.06. The Morgan fingerprint density at radius 3 is 2.28 bits per heavy atom. The van der Waals surface area contributed by atoms with Crippen LogP contribution in [0.3, 0.4) is 0 Å². The molecule has 0 unspecified atom stereocenters. The highest BCUT2D eigenvalue weighted by molar-refractivity contribution is 5.89. The fraction of sp³-hybridized carbons (Fsp3) is 0.400. The molecule has 7 heteroatoms. The van der Waals surface area contributed by atoms with E-state index in [1.54, 1.807) is 19.2 Å². The van der Waals surface area contributed by atoms with Crippen molar-refractivity contribution < 1.29 is 14.4 Å². The maximum Gasteiger partial charge on any atom is 0.356 e. The Balaban J connectivity index is 1.31. The molecule has 2 bridgehead atoms. The number of fused-ring (bicyclic) bond motifs is 3. The number of hydroxylamine groups is 1. The first-order chi connectivity index (χ1) is 15.6. The normalized spacial score (nSPS) is 24.3. The molecule has 0 radical (unpaired) electrons. The van der Waals surface area contributed by atoms with Gasteiger partial charge in [0.25, 0.3) is 0 Å². The van der Waals surface area contributed by atoms with Crippen LogP contribution in [0.1, 0.15) is 54.7 Å². The van der Waals surface area contributed by atoms with E-state index in [0.29, 0.717) is 5.56 Å². The van der Waals surface area contributed by atoms with Crippen molar-refractivity contribution in [1.29, 1.82) is 0 Å². The van der Waals surface area contributed by atoms with Gasteiger partial charge in [-0.15, -0.1) is 15.7 Å². The zero-order valence-electron chi connectivity index (χ0n) is 18.5. The van der Waals surface area contributed by atoms with E-state index in [1.165, 1.54) is 0 Å². The fourth-order valence-electron chi connectivity index (χ4n) is 5.32. The predicted molar refractivity (Wildman–Crippen MR) is 120 cm³/mol. The van der Waals surface area contributed by atoms with Gasteiger partial charge in [-0.1, -0.05) is 30.3 Å². The first kappa shape index (κ1) is 20.7. The van der Waals surface area contributed by atoms with E-state index in [4.69, 9.17) is 9.57 Å². The van der Waals surface area contributed by atoms with Gasteiger partial charge in [0.2, 0.25) is 0 Å². The van der Waals surface area contributed by atoms with Gasteiger partial charge < -0.3 is 14.1 Å². The molecule has 0 atom stereocenters. The molecule has 0 saturated heterocycles. The molecule has 3 aliphatic rings. The highest BCUT2D eigenvalue weighted by Gasteiger charge is 2.52. The van der Waals surface area contributed by atoms with Crippen LogP contribution in [0.15, 0.2) is 54.6 Å². The average molecular weight is 433 g/mol. The molecule has 0 amide bonds. The molecule has 2 aromatic carbocycles. The predicted octanol–water partition coefficient (Wildman–Crippen LogP) is 4.20. The summed E-state index contributed by atoms with van der Waals surface area (Å²) < 4.78 is 7.65. The van der Waals surface area contributed by atoms with E-state index in [-0.39, 0.29) is 16.9 Å². The maximum absolute atomic E-state index is 12.4. The van der Waals surface area contributed by atoms with E-state index >= 15 is 0 Å². The molecule has 6 rings (SSSR count). The summed E-state index contributed by atoms with van der Waals surface area (Å²) in [6.45, 7) is 0. The highest BCUT2D eigenvalue weighted by atomic mass is 16.7. The number of rotatable bonds is 6. The Morgan fingerprint density at radius 2 is 1.59 bits per heavy atom. The second-order valence-electron chi connectivity index (χ2n) is 9.02. The van der Waals surface area contributed by atoms with Crippen molar-refractivity contribution in [2.45, 2.75) is 49.5 Å². The summed E-state index contributed by atoms with van der Waals surface area (Å²) in [5.41, 5.74) is 4.50. The quantitative estimate of drug-likeness (QED) is 0.589. The van der Waals surface area contributed by atoms with Crippen LogP contribution in [0.25, 0.3) is 11.4 Å². The lowest BCUT2D eigenvalue weighted by Gasteiger charge is -2.52. The first-order valence-corrected chi connectivity index (χ1v) is 11.1. The van der Waals surface area contributed by atoms with E-state index < -0.39 is 0 Å². The Kier molecular flexibility index (Phi) is 5.21. The molecule has 1 heterocycles. The number of para-hydroxylation sites is 1. The molecule has 166 valence electrons. The van der Waals surface area contributed by atoms with Crippen LogP contribution in [0.5, 0.6) is 5.75 Å². The van der Waals surface area contributed by atoms with Gasteiger partial charge in [-0.3, -0.25) is 0 Å². The standard InChI is InChI=1S/C25H28N4O3/c1-29-21(19-10-6-7-11-20(19)31-2)26-27-23(29)24-12-15-25(16-13-24,17-14-24)28-32-22(30)18-8-4-3-5-9-18/h3-11,28H,12-17H2,1-2H3. The smallest absolute Gasteiger partial charge is 0.356 e. The van der Waals surface area contributed by atoms with Crippen molar-refractivity contribution in [3.8, 4) is 17.1 Å². The van der Waals surface area contributed by atoms with Crippen LogP contribution >= 0.6 is 0 Å². The van der Waals surface area contributed by atoms with Crippen LogP contribution in [0.2, 0.25) is 0 Å². The van der Waals surface area contributed by atoms with Gasteiger partial charge in [-0.25, -0.2) is 4.79 Å². The van der Waals surface area contributed by atoms with Gasteiger partial charge in [-0.2, -0.15) is 0 Å². The van der Waals surface area contributed by atoms with Crippen molar-refractivity contribution >= 4 is 5.97 Å². The minimum Gasteiger partial charge on any atom is -0.496 e.